The summed E-state index contributed by atoms with van der Waals surface area (Å²) in [5, 5.41) is 3.14. The molecule has 148 valence electrons. The Hall–Kier alpha value is -3.11. The van der Waals surface area contributed by atoms with E-state index >= 15 is 0 Å². The molecule has 0 aliphatic carbocycles. The molecule has 29 heavy (non-hydrogen) atoms. The van der Waals surface area contributed by atoms with Gasteiger partial charge in [-0.15, -0.1) is 0 Å². The van der Waals surface area contributed by atoms with Crippen LogP contribution in [0, 0.1) is 11.6 Å². The molecule has 1 aliphatic rings. The molecule has 4 aromatic rings. The van der Waals surface area contributed by atoms with Crippen LogP contribution in [0.15, 0.2) is 39.9 Å². The number of anilines is 1. The van der Waals surface area contributed by atoms with Crippen LogP contribution >= 0.6 is 11.5 Å². The van der Waals surface area contributed by atoms with Gasteiger partial charge in [0.15, 0.2) is 17.3 Å². The molecule has 1 saturated heterocycles. The summed E-state index contributed by atoms with van der Waals surface area (Å²) in [6.07, 6.45) is 0. The molecule has 1 aromatic carbocycles. The van der Waals surface area contributed by atoms with Gasteiger partial charge in [-0.25, -0.2) is 13.8 Å². The predicted molar refractivity (Wildman–Crippen MR) is 108 cm³/mol. The van der Waals surface area contributed by atoms with Crippen molar-refractivity contribution in [1.29, 1.82) is 0 Å². The molecule has 4 heterocycles. The molecular weight excluding hydrogens is 400 g/mol. The van der Waals surface area contributed by atoms with Gasteiger partial charge >= 0.3 is 0 Å². The highest BCUT2D eigenvalue weighted by molar-refractivity contribution is 7.12. The maximum Gasteiger partial charge on any atom is 0.271 e. The maximum atomic E-state index is 14.9. The first-order valence-corrected chi connectivity index (χ1v) is 9.84. The van der Waals surface area contributed by atoms with Gasteiger partial charge in [0.25, 0.3) is 5.56 Å². The van der Waals surface area contributed by atoms with Crippen LogP contribution < -0.4 is 21.2 Å². The molecule has 2 N–H and O–H groups in total. The van der Waals surface area contributed by atoms with E-state index in [-0.39, 0.29) is 22.2 Å². The van der Waals surface area contributed by atoms with Crippen molar-refractivity contribution in [2.24, 2.45) is 0 Å². The Labute approximate surface area is 166 Å². The van der Waals surface area contributed by atoms with Crippen molar-refractivity contribution < 1.29 is 8.78 Å². The number of pyridine rings is 2. The lowest BCUT2D eigenvalue weighted by Crippen LogP contribution is -2.44. The second-order valence-corrected chi connectivity index (χ2v) is 7.55. The Bertz CT molecular complexity index is 1350. The van der Waals surface area contributed by atoms with E-state index in [9.17, 15) is 18.4 Å². The average Bonchev–Trinajstić information content (AvgIpc) is 3.12. The first kappa shape index (κ1) is 18.0. The summed E-state index contributed by atoms with van der Waals surface area (Å²) in [6, 6.07) is 6.75. The van der Waals surface area contributed by atoms with E-state index in [0.717, 1.165) is 17.6 Å². The molecule has 0 atom stereocenters. The van der Waals surface area contributed by atoms with Crippen molar-refractivity contribution in [3.63, 3.8) is 0 Å². The number of hydrogen-bond donors (Lipinski definition) is 2. The largest absolute Gasteiger partial charge is 0.352 e. The summed E-state index contributed by atoms with van der Waals surface area (Å²) >= 11 is 0.989. The number of H-pyrrole nitrogens is 1. The predicted octanol–water partition coefficient (Wildman–Crippen LogP) is 1.98. The Balaban J connectivity index is 1.90. The first-order valence-electron chi connectivity index (χ1n) is 9.02. The second kappa shape index (κ2) is 6.75. The normalized spacial score (nSPS) is 14.8. The van der Waals surface area contributed by atoms with Gasteiger partial charge in [-0.1, -0.05) is 0 Å². The van der Waals surface area contributed by atoms with Gasteiger partial charge in [0, 0.05) is 31.9 Å². The zero-order chi connectivity index (χ0) is 20.1. The molecule has 0 saturated carbocycles. The van der Waals surface area contributed by atoms with Crippen LogP contribution in [0.5, 0.6) is 0 Å². The number of nitrogens with one attached hydrogen (secondary N) is 2. The monoisotopic (exact) mass is 415 g/mol. The molecule has 0 radical (unpaired) electrons. The number of aromatic amines is 1. The summed E-state index contributed by atoms with van der Waals surface area (Å²) in [7, 11) is 0. The topological polar surface area (TPSA) is 83.0 Å². The molecule has 0 unspecified atom stereocenters. The number of rotatable bonds is 2. The van der Waals surface area contributed by atoms with Gasteiger partial charge in [-0.05, 0) is 41.9 Å². The Morgan fingerprint density at radius 1 is 1.07 bits per heavy atom. The SMILES string of the molecule is O=c1[nH]sc2c1c(=O)c1cc(F)c(N3CCNCC3)nc1n2-c1ccc(F)cc1. The lowest BCUT2D eigenvalue weighted by Gasteiger charge is -2.29. The van der Waals surface area contributed by atoms with Gasteiger partial charge in [-0.2, -0.15) is 0 Å². The molecule has 10 heteroatoms. The summed E-state index contributed by atoms with van der Waals surface area (Å²) in [6.45, 7) is 2.55. The van der Waals surface area contributed by atoms with Gasteiger partial charge < -0.3 is 10.2 Å². The minimum atomic E-state index is -0.617. The van der Waals surface area contributed by atoms with E-state index in [2.05, 4.69) is 14.7 Å². The molecule has 7 nitrogen and oxygen atoms in total. The van der Waals surface area contributed by atoms with E-state index < -0.39 is 22.6 Å². The maximum absolute atomic E-state index is 14.9. The molecule has 1 aliphatic heterocycles. The zero-order valence-corrected chi connectivity index (χ0v) is 15.9. The first-order chi connectivity index (χ1) is 14.0. The van der Waals surface area contributed by atoms with Crippen LogP contribution in [0.2, 0.25) is 0 Å². The molecule has 0 bridgehead atoms. The van der Waals surface area contributed by atoms with E-state index in [1.54, 1.807) is 4.57 Å². The fourth-order valence-electron chi connectivity index (χ4n) is 3.62. The van der Waals surface area contributed by atoms with Crippen LogP contribution in [0.3, 0.4) is 0 Å². The fourth-order valence-corrected chi connectivity index (χ4v) is 4.48. The number of hydrogen-bond acceptors (Lipinski definition) is 6. The number of benzene rings is 1. The minimum Gasteiger partial charge on any atom is -0.352 e. The van der Waals surface area contributed by atoms with Gasteiger partial charge in [0.05, 0.1) is 5.39 Å². The van der Waals surface area contributed by atoms with Crippen molar-refractivity contribution >= 4 is 38.6 Å². The molecule has 1 fully saturated rings. The number of fused-ring (bicyclic) bond motifs is 2. The summed E-state index contributed by atoms with van der Waals surface area (Å²) in [4.78, 5) is 31.8. The van der Waals surface area contributed by atoms with Crippen molar-refractivity contribution in [3.8, 4) is 5.69 Å². The van der Waals surface area contributed by atoms with E-state index in [0.29, 0.717) is 36.7 Å². The lowest BCUT2D eigenvalue weighted by atomic mass is 10.2. The van der Waals surface area contributed by atoms with Gasteiger partial charge in [0.1, 0.15) is 16.0 Å². The molecule has 3 aromatic heterocycles. The molecule has 5 rings (SSSR count). The van der Waals surface area contributed by atoms with Crippen LogP contribution in [0.4, 0.5) is 14.6 Å². The third-order valence-corrected chi connectivity index (χ3v) is 5.87. The van der Waals surface area contributed by atoms with E-state index in [1.165, 1.54) is 24.3 Å². The number of piperazine rings is 1. The standard InChI is InChI=1S/C19H15F2N5O2S/c20-10-1-3-11(4-2-10)26-16-12(15(27)14-18(28)24-29-19(14)26)9-13(21)17(23-16)25-7-5-22-6-8-25/h1-4,9,22H,5-8H2,(H,24,28). The highest BCUT2D eigenvalue weighted by Gasteiger charge is 2.23. The highest BCUT2D eigenvalue weighted by Crippen LogP contribution is 2.27. The zero-order valence-electron chi connectivity index (χ0n) is 15.0. The van der Waals surface area contributed by atoms with Crippen LogP contribution in [0.25, 0.3) is 26.9 Å². The third-order valence-electron chi connectivity index (χ3n) is 5.01. The van der Waals surface area contributed by atoms with E-state index in [4.69, 9.17) is 0 Å². The van der Waals surface area contributed by atoms with Crippen LogP contribution in [-0.4, -0.2) is 40.1 Å². The lowest BCUT2D eigenvalue weighted by molar-refractivity contribution is 0.560. The third kappa shape index (κ3) is 2.83. The smallest absolute Gasteiger partial charge is 0.271 e. The van der Waals surface area contributed by atoms with Gasteiger partial charge in [0.2, 0.25) is 5.43 Å². The van der Waals surface area contributed by atoms with Crippen molar-refractivity contribution in [3.05, 3.63) is 62.5 Å². The summed E-state index contributed by atoms with van der Waals surface area (Å²) in [5.74, 6) is -0.886. The minimum absolute atomic E-state index is 0.00195. The van der Waals surface area contributed by atoms with Crippen LogP contribution in [-0.2, 0) is 0 Å². The van der Waals surface area contributed by atoms with Crippen molar-refractivity contribution in [2.75, 3.05) is 31.1 Å². The van der Waals surface area contributed by atoms with Crippen LogP contribution in [0.1, 0.15) is 0 Å². The molecule has 0 spiro atoms. The molecular formula is C19H15F2N5O2S. The van der Waals surface area contributed by atoms with Crippen molar-refractivity contribution in [1.82, 2.24) is 19.2 Å². The number of halogens is 2. The van der Waals surface area contributed by atoms with E-state index in [1.807, 2.05) is 4.90 Å². The Kier molecular flexibility index (Phi) is 4.18. The quantitative estimate of drug-likeness (QED) is 0.523. The van der Waals surface area contributed by atoms with Gasteiger partial charge in [-0.3, -0.25) is 18.5 Å². The van der Waals surface area contributed by atoms with Crippen molar-refractivity contribution in [2.45, 2.75) is 0 Å². The summed E-state index contributed by atoms with van der Waals surface area (Å²) in [5.41, 5.74) is -0.380. The summed E-state index contributed by atoms with van der Waals surface area (Å²) < 4.78 is 32.5. The second-order valence-electron chi connectivity index (χ2n) is 6.76. The number of nitrogens with zero attached hydrogens (tertiary/aromatic N) is 3. The number of aromatic nitrogens is 3. The molecule has 0 amide bonds. The Morgan fingerprint density at radius 3 is 2.52 bits per heavy atom. The average molecular weight is 415 g/mol. The highest BCUT2D eigenvalue weighted by atomic mass is 32.1. The fraction of sp³-hybridized carbons (Fsp3) is 0.211. The Morgan fingerprint density at radius 2 is 1.79 bits per heavy atom.